The zero-order valence-corrected chi connectivity index (χ0v) is 9.21. The molecule has 0 heterocycles. The molecule has 0 aromatic carbocycles. The van der Waals surface area contributed by atoms with Crippen LogP contribution in [0.25, 0.3) is 0 Å². The molecule has 0 aliphatic heterocycles. The molecule has 0 aliphatic carbocycles. The van der Waals surface area contributed by atoms with Gasteiger partial charge in [0.15, 0.2) is 0 Å². The van der Waals surface area contributed by atoms with Crippen LogP contribution in [0.3, 0.4) is 0 Å². The van der Waals surface area contributed by atoms with E-state index >= 15 is 0 Å². The SMILES string of the molecule is CCC(C)(C)PC(C)(C)C. The van der Waals surface area contributed by atoms with Crippen LogP contribution < -0.4 is 0 Å². The average Bonchev–Trinajstić information content (AvgIpc) is 1.60. The molecule has 0 aromatic heterocycles. The minimum absolute atomic E-state index is 0.513. The van der Waals surface area contributed by atoms with Gasteiger partial charge < -0.3 is 0 Å². The van der Waals surface area contributed by atoms with Crippen LogP contribution in [0.1, 0.15) is 48.0 Å². The van der Waals surface area contributed by atoms with Crippen molar-refractivity contribution < 1.29 is 0 Å². The quantitative estimate of drug-likeness (QED) is 0.541. The lowest BCUT2D eigenvalue weighted by molar-refractivity contribution is 0.650. The van der Waals surface area contributed by atoms with Gasteiger partial charge in [0.2, 0.25) is 0 Å². The van der Waals surface area contributed by atoms with Gasteiger partial charge in [0.1, 0.15) is 0 Å². The monoisotopic (exact) mass is 160 g/mol. The van der Waals surface area contributed by atoms with Crippen LogP contribution in [-0.4, -0.2) is 10.3 Å². The van der Waals surface area contributed by atoms with Gasteiger partial charge in [-0.05, 0) is 16.7 Å². The third-order valence-corrected chi connectivity index (χ3v) is 3.38. The summed E-state index contributed by atoms with van der Waals surface area (Å²) in [7, 11) is 1.07. The number of hydrogen-bond donors (Lipinski definition) is 0. The van der Waals surface area contributed by atoms with Crippen molar-refractivity contribution >= 4 is 8.58 Å². The van der Waals surface area contributed by atoms with Gasteiger partial charge in [-0.3, -0.25) is 0 Å². The molecule has 1 unspecified atom stereocenters. The van der Waals surface area contributed by atoms with E-state index in [1.54, 1.807) is 0 Å². The Morgan fingerprint density at radius 2 is 1.40 bits per heavy atom. The molecule has 1 heteroatoms. The Hall–Kier alpha value is 0.430. The van der Waals surface area contributed by atoms with Crippen molar-refractivity contribution in [2.24, 2.45) is 0 Å². The summed E-state index contributed by atoms with van der Waals surface area (Å²) in [6.45, 7) is 14.0. The smallest absolute Gasteiger partial charge is 0.0176 e. The fraction of sp³-hybridized carbons (Fsp3) is 1.00. The van der Waals surface area contributed by atoms with E-state index in [9.17, 15) is 0 Å². The summed E-state index contributed by atoms with van der Waals surface area (Å²) in [4.78, 5) is 0. The van der Waals surface area contributed by atoms with Crippen LogP contribution in [0.2, 0.25) is 0 Å². The molecule has 0 rings (SSSR count). The van der Waals surface area contributed by atoms with Gasteiger partial charge in [0.05, 0.1) is 0 Å². The van der Waals surface area contributed by atoms with E-state index < -0.39 is 0 Å². The van der Waals surface area contributed by atoms with E-state index in [0.717, 1.165) is 8.58 Å². The first-order valence-electron chi connectivity index (χ1n) is 4.06. The van der Waals surface area contributed by atoms with E-state index in [1.807, 2.05) is 0 Å². The normalized spacial score (nSPS) is 15.0. The van der Waals surface area contributed by atoms with Gasteiger partial charge in [-0.25, -0.2) is 0 Å². The topological polar surface area (TPSA) is 0 Å². The molecule has 0 saturated heterocycles. The van der Waals surface area contributed by atoms with Crippen molar-refractivity contribution in [1.29, 1.82) is 0 Å². The van der Waals surface area contributed by atoms with E-state index in [0.29, 0.717) is 10.3 Å². The van der Waals surface area contributed by atoms with Crippen molar-refractivity contribution in [1.82, 2.24) is 0 Å². The summed E-state index contributed by atoms with van der Waals surface area (Å²) in [5, 5.41) is 1.07. The molecule has 62 valence electrons. The highest BCUT2D eigenvalue weighted by atomic mass is 31.1. The highest BCUT2D eigenvalue weighted by molar-refractivity contribution is 7.41. The van der Waals surface area contributed by atoms with Gasteiger partial charge in [-0.1, -0.05) is 41.5 Å². The highest BCUT2D eigenvalue weighted by Crippen LogP contribution is 2.44. The fourth-order valence-corrected chi connectivity index (χ4v) is 3.31. The Morgan fingerprint density at radius 3 is 1.50 bits per heavy atom. The molecule has 0 aromatic rings. The highest BCUT2D eigenvalue weighted by Gasteiger charge is 2.22. The van der Waals surface area contributed by atoms with Crippen molar-refractivity contribution in [3.05, 3.63) is 0 Å². The molecule has 0 aliphatic rings. The van der Waals surface area contributed by atoms with Gasteiger partial charge in [-0.15, -0.1) is 8.58 Å². The van der Waals surface area contributed by atoms with Crippen molar-refractivity contribution in [2.75, 3.05) is 0 Å². The zero-order valence-electron chi connectivity index (χ0n) is 8.21. The Kier molecular flexibility index (Phi) is 3.36. The second kappa shape index (κ2) is 3.22. The van der Waals surface area contributed by atoms with Crippen LogP contribution in [0.15, 0.2) is 0 Å². The van der Waals surface area contributed by atoms with Gasteiger partial charge in [0.25, 0.3) is 0 Å². The largest absolute Gasteiger partial charge is 0.111 e. The maximum absolute atomic E-state index is 2.36. The molecule has 10 heavy (non-hydrogen) atoms. The predicted molar refractivity (Wildman–Crippen MR) is 52.4 cm³/mol. The third-order valence-electron chi connectivity index (χ3n) is 1.60. The first kappa shape index (κ1) is 10.4. The average molecular weight is 160 g/mol. The molecule has 0 amide bonds. The van der Waals surface area contributed by atoms with Crippen LogP contribution in [0, 0.1) is 0 Å². The van der Waals surface area contributed by atoms with E-state index in [2.05, 4.69) is 41.5 Å². The van der Waals surface area contributed by atoms with Crippen molar-refractivity contribution in [2.45, 2.75) is 58.3 Å². The summed E-state index contributed by atoms with van der Waals surface area (Å²) < 4.78 is 0. The number of hydrogen-bond acceptors (Lipinski definition) is 0. The molecule has 0 saturated carbocycles. The molecule has 0 nitrogen and oxygen atoms in total. The van der Waals surface area contributed by atoms with Crippen LogP contribution in [0.4, 0.5) is 0 Å². The number of rotatable bonds is 2. The van der Waals surface area contributed by atoms with Crippen LogP contribution in [-0.2, 0) is 0 Å². The fourth-order valence-electron chi connectivity index (χ4n) is 1.10. The van der Waals surface area contributed by atoms with Gasteiger partial charge in [-0.2, -0.15) is 0 Å². The summed E-state index contributed by atoms with van der Waals surface area (Å²) in [5.74, 6) is 0. The lowest BCUT2D eigenvalue weighted by atomic mass is 10.1. The summed E-state index contributed by atoms with van der Waals surface area (Å²) >= 11 is 0. The molecule has 1 atom stereocenters. The predicted octanol–water partition coefficient (Wildman–Crippen LogP) is 3.65. The maximum Gasteiger partial charge on any atom is -0.0176 e. The van der Waals surface area contributed by atoms with Gasteiger partial charge in [0, 0.05) is 0 Å². The van der Waals surface area contributed by atoms with E-state index in [-0.39, 0.29) is 0 Å². The second-order valence-electron chi connectivity index (χ2n) is 4.61. The molecule has 0 bridgehead atoms. The minimum atomic E-state index is 0.513. The summed E-state index contributed by atoms with van der Waals surface area (Å²) in [6.07, 6.45) is 1.29. The Morgan fingerprint density at radius 1 is 1.00 bits per heavy atom. The first-order chi connectivity index (χ1) is 4.27. The zero-order chi connectivity index (χ0) is 8.41. The second-order valence-corrected chi connectivity index (χ2v) is 7.72. The minimum Gasteiger partial charge on any atom is -0.111 e. The Balaban J connectivity index is 3.89. The molecular weight excluding hydrogens is 139 g/mol. The Labute approximate surface area is 67.6 Å². The molecule has 0 N–H and O–H groups in total. The van der Waals surface area contributed by atoms with E-state index in [4.69, 9.17) is 0 Å². The first-order valence-corrected chi connectivity index (χ1v) is 5.06. The van der Waals surface area contributed by atoms with Crippen molar-refractivity contribution in [3.8, 4) is 0 Å². The molecular formula is C9H21P. The van der Waals surface area contributed by atoms with Crippen LogP contribution in [0.5, 0.6) is 0 Å². The van der Waals surface area contributed by atoms with Crippen LogP contribution >= 0.6 is 8.58 Å². The molecule has 0 fully saturated rings. The maximum atomic E-state index is 2.36. The third kappa shape index (κ3) is 5.23. The summed E-state index contributed by atoms with van der Waals surface area (Å²) in [6, 6.07) is 0. The lowest BCUT2D eigenvalue weighted by Gasteiger charge is -2.31. The molecule has 0 radical (unpaired) electrons. The van der Waals surface area contributed by atoms with Gasteiger partial charge >= 0.3 is 0 Å². The lowest BCUT2D eigenvalue weighted by Crippen LogP contribution is -2.19. The Bertz CT molecular complexity index is 97.8. The van der Waals surface area contributed by atoms with Crippen molar-refractivity contribution in [3.63, 3.8) is 0 Å². The standard InChI is InChI=1S/C9H21P/c1-7-9(5,6)10-8(2,3)4/h10H,7H2,1-6H3. The van der Waals surface area contributed by atoms with E-state index in [1.165, 1.54) is 6.42 Å². The summed E-state index contributed by atoms with van der Waals surface area (Å²) in [5.41, 5.74) is 0. The molecule has 0 spiro atoms.